The molecule has 0 saturated heterocycles. The van der Waals surface area contributed by atoms with Crippen molar-refractivity contribution >= 4 is 22.6 Å². The summed E-state index contributed by atoms with van der Waals surface area (Å²) in [5, 5.41) is 11.4. The maximum Gasteiger partial charge on any atom is 0.276 e. The molecule has 1 aromatic heterocycles. The highest BCUT2D eigenvalue weighted by Crippen LogP contribution is 2.31. The third-order valence-corrected chi connectivity index (χ3v) is 5.36. The zero-order chi connectivity index (χ0) is 21.1. The number of fused-ring (bicyclic) bond motifs is 1. The fourth-order valence-corrected chi connectivity index (χ4v) is 3.94. The van der Waals surface area contributed by atoms with Crippen LogP contribution in [0.2, 0.25) is 0 Å². The van der Waals surface area contributed by atoms with E-state index in [-0.39, 0.29) is 40.6 Å². The predicted molar refractivity (Wildman–Crippen MR) is 98.2 cm³/mol. The van der Waals surface area contributed by atoms with Gasteiger partial charge in [0.25, 0.3) is 12.0 Å². The molecule has 0 spiro atoms. The number of aromatic nitrogens is 1. The van der Waals surface area contributed by atoms with Gasteiger partial charge in [0.2, 0.25) is 0 Å². The first-order valence-corrected chi connectivity index (χ1v) is 9.47. The summed E-state index contributed by atoms with van der Waals surface area (Å²) in [4.78, 5) is 12.9. The van der Waals surface area contributed by atoms with E-state index in [9.17, 15) is 22.2 Å². The summed E-state index contributed by atoms with van der Waals surface area (Å²) in [5.41, 5.74) is 0.00843. The van der Waals surface area contributed by atoms with Crippen LogP contribution in [0.4, 0.5) is 18.9 Å². The van der Waals surface area contributed by atoms with Crippen LogP contribution in [0.3, 0.4) is 0 Å². The van der Waals surface area contributed by atoms with Gasteiger partial charge in [0.15, 0.2) is 11.4 Å². The van der Waals surface area contributed by atoms with Crippen LogP contribution in [-0.4, -0.2) is 27.3 Å². The minimum absolute atomic E-state index is 0.0471. The van der Waals surface area contributed by atoms with Gasteiger partial charge in [-0.15, -0.1) is 0 Å². The maximum absolute atomic E-state index is 13.5. The third kappa shape index (κ3) is 4.49. The fourth-order valence-electron chi connectivity index (χ4n) is 2.77. The number of benzene rings is 1. The number of carbonyl (C=O) groups is 1. The van der Waals surface area contributed by atoms with Gasteiger partial charge in [-0.05, 0) is 30.7 Å². The molecule has 2 heterocycles. The van der Waals surface area contributed by atoms with Crippen LogP contribution < -0.4 is 14.8 Å². The summed E-state index contributed by atoms with van der Waals surface area (Å²) >= 11 is 0. The molecule has 0 fully saturated rings. The molecule has 1 aliphatic heterocycles. The van der Waals surface area contributed by atoms with E-state index in [1.807, 2.05) is 0 Å². The van der Waals surface area contributed by atoms with Crippen molar-refractivity contribution in [3.05, 3.63) is 53.6 Å². The van der Waals surface area contributed by atoms with Gasteiger partial charge in [-0.3, -0.25) is 4.79 Å². The predicted octanol–water partition coefficient (Wildman–Crippen LogP) is 2.83. The van der Waals surface area contributed by atoms with E-state index in [0.717, 1.165) is 6.07 Å². The van der Waals surface area contributed by atoms with Crippen LogP contribution >= 0.6 is 0 Å². The van der Waals surface area contributed by atoms with E-state index >= 15 is 0 Å². The normalized spacial score (nSPS) is 18.0. The molecule has 0 bridgehead atoms. The lowest BCUT2D eigenvalue weighted by atomic mass is 10.2. The van der Waals surface area contributed by atoms with E-state index in [4.69, 9.17) is 10.00 Å². The summed E-state index contributed by atoms with van der Waals surface area (Å²) in [6.07, 6.45) is 0.185. The molecule has 0 saturated carbocycles. The molecule has 7 nitrogen and oxygen atoms in total. The van der Waals surface area contributed by atoms with Crippen LogP contribution in [0.25, 0.3) is 0 Å². The van der Waals surface area contributed by atoms with Crippen LogP contribution in [-0.2, 0) is 18.0 Å². The Morgan fingerprint density at radius 3 is 2.97 bits per heavy atom. The highest BCUT2D eigenvalue weighted by molar-refractivity contribution is 7.83. The molecule has 152 valence electrons. The first-order valence-electron chi connectivity index (χ1n) is 8.32. The van der Waals surface area contributed by atoms with Crippen molar-refractivity contribution in [3.8, 4) is 11.8 Å². The number of nitriles is 1. The van der Waals surface area contributed by atoms with Gasteiger partial charge in [-0.25, -0.2) is 13.3 Å². The number of ether oxygens (including phenoxy) is 1. The van der Waals surface area contributed by atoms with E-state index in [1.165, 1.54) is 22.9 Å². The molecule has 3 rings (SSSR count). The lowest BCUT2D eigenvalue weighted by molar-refractivity contribution is 0.101. The molecule has 2 atom stereocenters. The summed E-state index contributed by atoms with van der Waals surface area (Å²) in [5.74, 6) is -1.28. The molecule has 2 unspecified atom stereocenters. The Morgan fingerprint density at radius 1 is 1.52 bits per heavy atom. The number of aryl methyl sites for hydroxylation is 1. The number of carbonyl (C=O) groups excluding carboxylic acids is 1. The SMILES string of the molecule is Cn1cc2c(c1C(=O)Nc1ccc(F)c(C#N)c1)OCC(CC=C(F)F)NS2=O. The van der Waals surface area contributed by atoms with Crippen LogP contribution in [0.1, 0.15) is 22.5 Å². The number of halogens is 3. The molecule has 29 heavy (non-hydrogen) atoms. The Bertz CT molecular complexity index is 1060. The smallest absolute Gasteiger partial charge is 0.276 e. The second-order valence-corrected chi connectivity index (χ2v) is 7.38. The van der Waals surface area contributed by atoms with Gasteiger partial charge in [0.05, 0.1) is 11.6 Å². The Balaban J connectivity index is 1.86. The third-order valence-electron chi connectivity index (χ3n) is 4.12. The second-order valence-electron chi connectivity index (χ2n) is 6.17. The number of hydrogen-bond donors (Lipinski definition) is 2. The lowest BCUT2D eigenvalue weighted by Gasteiger charge is -2.13. The Hall–Kier alpha value is -3.10. The lowest BCUT2D eigenvalue weighted by Crippen LogP contribution is -2.33. The van der Waals surface area contributed by atoms with Crippen LogP contribution in [0, 0.1) is 17.1 Å². The van der Waals surface area contributed by atoms with Gasteiger partial charge in [0, 0.05) is 18.9 Å². The van der Waals surface area contributed by atoms with Gasteiger partial charge >= 0.3 is 0 Å². The molecule has 11 heteroatoms. The quantitative estimate of drug-likeness (QED) is 0.789. The van der Waals surface area contributed by atoms with Crippen molar-refractivity contribution in [2.75, 3.05) is 11.9 Å². The van der Waals surface area contributed by atoms with Gasteiger partial charge < -0.3 is 14.6 Å². The molecule has 0 radical (unpaired) electrons. The van der Waals surface area contributed by atoms with Crippen LogP contribution in [0.5, 0.6) is 5.75 Å². The molecule has 1 aliphatic rings. The topological polar surface area (TPSA) is 96.2 Å². The Labute approximate surface area is 166 Å². The highest BCUT2D eigenvalue weighted by atomic mass is 32.2. The highest BCUT2D eigenvalue weighted by Gasteiger charge is 2.30. The number of nitrogens with zero attached hydrogens (tertiary/aromatic N) is 2. The van der Waals surface area contributed by atoms with E-state index in [2.05, 4.69) is 10.0 Å². The van der Waals surface area contributed by atoms with Gasteiger partial charge in [-0.1, -0.05) is 0 Å². The second kappa shape index (κ2) is 8.50. The van der Waals surface area contributed by atoms with Crippen molar-refractivity contribution in [1.82, 2.24) is 9.29 Å². The minimum Gasteiger partial charge on any atom is -0.488 e. The molecular formula is C18H15F3N4O3S. The number of anilines is 1. The monoisotopic (exact) mass is 424 g/mol. The molecule has 2 N–H and O–H groups in total. The molecule has 0 aliphatic carbocycles. The van der Waals surface area contributed by atoms with E-state index in [0.29, 0.717) is 6.08 Å². The van der Waals surface area contributed by atoms with E-state index in [1.54, 1.807) is 13.1 Å². The summed E-state index contributed by atoms with van der Waals surface area (Å²) < 4.78 is 60.3. The molecule has 1 aromatic carbocycles. The van der Waals surface area contributed by atoms with Crippen LogP contribution in [0.15, 0.2) is 41.4 Å². The van der Waals surface area contributed by atoms with Crippen molar-refractivity contribution in [2.24, 2.45) is 7.05 Å². The molecule has 1 amide bonds. The zero-order valence-corrected chi connectivity index (χ0v) is 15.9. The van der Waals surface area contributed by atoms with Crippen molar-refractivity contribution in [2.45, 2.75) is 17.4 Å². The summed E-state index contributed by atoms with van der Waals surface area (Å²) in [6, 6.07) is 4.58. The standard InChI is InChI=1S/C18H15F3N4O3S/c1-25-8-14-17(28-9-12(24-29(14)27)3-5-15(20)21)16(25)18(26)23-11-2-4-13(19)10(6-11)7-22/h2,4-6,8,12,24H,3,9H2,1H3,(H,23,26). The zero-order valence-electron chi connectivity index (χ0n) is 15.0. The summed E-state index contributed by atoms with van der Waals surface area (Å²) in [7, 11) is -0.231. The number of rotatable bonds is 4. The number of hydrogen-bond acceptors (Lipinski definition) is 4. The van der Waals surface area contributed by atoms with Gasteiger partial charge in [-0.2, -0.15) is 14.0 Å². The van der Waals surface area contributed by atoms with E-state index < -0.39 is 34.8 Å². The number of nitrogens with one attached hydrogen (secondary N) is 2. The fraction of sp³-hybridized carbons (Fsp3) is 0.222. The van der Waals surface area contributed by atoms with Crippen molar-refractivity contribution in [3.63, 3.8) is 0 Å². The minimum atomic E-state index is -1.85. The Kier molecular flexibility index (Phi) is 6.05. The average Bonchev–Trinajstić information content (AvgIpc) is 2.93. The first kappa shape index (κ1) is 20.6. The molecular weight excluding hydrogens is 409 g/mol. The van der Waals surface area contributed by atoms with Gasteiger partial charge in [0.1, 0.15) is 34.4 Å². The van der Waals surface area contributed by atoms with Crippen molar-refractivity contribution in [1.29, 1.82) is 5.26 Å². The average molecular weight is 424 g/mol. The number of amides is 1. The molecule has 2 aromatic rings. The summed E-state index contributed by atoms with van der Waals surface area (Å²) in [6.45, 7) is -0.0814. The largest absolute Gasteiger partial charge is 0.488 e. The van der Waals surface area contributed by atoms with Crippen molar-refractivity contribution < 1.29 is 26.9 Å². The first-order chi connectivity index (χ1) is 13.8. The Morgan fingerprint density at radius 2 is 2.28 bits per heavy atom. The maximum atomic E-state index is 13.5.